The van der Waals surface area contributed by atoms with Crippen molar-refractivity contribution in [3.63, 3.8) is 0 Å². The van der Waals surface area contributed by atoms with Crippen LogP contribution in [-0.4, -0.2) is 16.6 Å². The number of aromatic nitrogens is 1. The molecule has 1 amide bonds. The van der Waals surface area contributed by atoms with Gasteiger partial charge in [-0.2, -0.15) is 12.6 Å². The normalized spacial score (nSPS) is 11.8. The fourth-order valence-corrected chi connectivity index (χ4v) is 2.26. The molecule has 1 heterocycles. The lowest BCUT2D eigenvalue weighted by molar-refractivity contribution is -0.124. The van der Waals surface area contributed by atoms with Crippen LogP contribution in [0.3, 0.4) is 0 Å². The van der Waals surface area contributed by atoms with Crippen LogP contribution in [0.5, 0.6) is 0 Å². The molecule has 0 spiro atoms. The first kappa shape index (κ1) is 14.6. The number of benzene rings is 1. The van der Waals surface area contributed by atoms with Gasteiger partial charge in [0.1, 0.15) is 0 Å². The minimum Gasteiger partial charge on any atom is -0.350 e. The van der Waals surface area contributed by atoms with Crippen molar-refractivity contribution in [3.8, 4) is 0 Å². The Balaban J connectivity index is 1.89. The van der Waals surface area contributed by atoms with E-state index in [4.69, 9.17) is 0 Å². The third kappa shape index (κ3) is 4.38. The monoisotopic (exact) mass is 286 g/mol. The number of nitrogens with zero attached hydrogens (tertiary/aromatic N) is 1. The smallest absolute Gasteiger partial charge is 0.224 e. The molecule has 2 aromatic rings. The zero-order valence-corrected chi connectivity index (χ0v) is 12.1. The summed E-state index contributed by atoms with van der Waals surface area (Å²) >= 11 is 4.29. The van der Waals surface area contributed by atoms with Crippen LogP contribution >= 0.6 is 12.6 Å². The summed E-state index contributed by atoms with van der Waals surface area (Å²) in [5.74, 6) is 0.433. The maximum atomic E-state index is 12.2. The van der Waals surface area contributed by atoms with Gasteiger partial charge in [-0.15, -0.1) is 0 Å². The first-order chi connectivity index (χ1) is 9.79. The standard InChI is InChI=1S/C16H18N2OS/c19-16(18-11-15-8-4-5-9-17-15)14(12-20)10-13-6-2-1-3-7-13/h1-9,14,20H,10-12H2,(H,18,19). The molecule has 0 saturated carbocycles. The molecule has 0 aliphatic rings. The highest BCUT2D eigenvalue weighted by molar-refractivity contribution is 7.80. The van der Waals surface area contributed by atoms with Gasteiger partial charge in [0.05, 0.1) is 18.2 Å². The van der Waals surface area contributed by atoms with Crippen LogP contribution in [0.4, 0.5) is 0 Å². The molecule has 1 atom stereocenters. The van der Waals surface area contributed by atoms with Crippen LogP contribution < -0.4 is 5.32 Å². The summed E-state index contributed by atoms with van der Waals surface area (Å²) < 4.78 is 0. The molecule has 1 aromatic carbocycles. The summed E-state index contributed by atoms with van der Waals surface area (Å²) in [6.45, 7) is 0.457. The van der Waals surface area contributed by atoms with E-state index in [0.29, 0.717) is 18.7 Å². The van der Waals surface area contributed by atoms with Crippen LogP contribution in [0.15, 0.2) is 54.7 Å². The molecule has 3 nitrogen and oxygen atoms in total. The lowest BCUT2D eigenvalue weighted by atomic mass is 10.0. The van der Waals surface area contributed by atoms with E-state index in [1.165, 1.54) is 0 Å². The molecule has 1 aromatic heterocycles. The number of thiol groups is 1. The summed E-state index contributed by atoms with van der Waals surface area (Å²) in [5.41, 5.74) is 2.01. The van der Waals surface area contributed by atoms with Crippen molar-refractivity contribution >= 4 is 18.5 Å². The zero-order chi connectivity index (χ0) is 14.2. The fourth-order valence-electron chi connectivity index (χ4n) is 1.96. The minimum atomic E-state index is -0.121. The molecule has 4 heteroatoms. The number of carbonyl (C=O) groups is 1. The molecule has 0 fully saturated rings. The van der Waals surface area contributed by atoms with Gasteiger partial charge in [0.2, 0.25) is 5.91 Å². The Morgan fingerprint density at radius 1 is 1.15 bits per heavy atom. The lowest BCUT2D eigenvalue weighted by Crippen LogP contribution is -2.32. The second kappa shape index (κ2) is 7.70. The van der Waals surface area contributed by atoms with Crippen molar-refractivity contribution in [3.05, 3.63) is 66.0 Å². The van der Waals surface area contributed by atoms with Crippen molar-refractivity contribution < 1.29 is 4.79 Å². The molecule has 0 bridgehead atoms. The molecule has 1 unspecified atom stereocenters. The third-order valence-corrected chi connectivity index (χ3v) is 3.53. The Kier molecular flexibility index (Phi) is 5.62. The van der Waals surface area contributed by atoms with Crippen molar-refractivity contribution in [2.24, 2.45) is 5.92 Å². The Morgan fingerprint density at radius 3 is 2.55 bits per heavy atom. The highest BCUT2D eigenvalue weighted by atomic mass is 32.1. The maximum Gasteiger partial charge on any atom is 0.224 e. The van der Waals surface area contributed by atoms with Gasteiger partial charge in [0.15, 0.2) is 0 Å². The van der Waals surface area contributed by atoms with Crippen molar-refractivity contribution in [2.45, 2.75) is 13.0 Å². The molecule has 104 valence electrons. The quantitative estimate of drug-likeness (QED) is 0.801. The van der Waals surface area contributed by atoms with Crippen molar-refractivity contribution in [1.29, 1.82) is 0 Å². The summed E-state index contributed by atoms with van der Waals surface area (Å²) in [5, 5.41) is 2.92. The summed E-state index contributed by atoms with van der Waals surface area (Å²) in [6, 6.07) is 15.7. The van der Waals surface area contributed by atoms with Gasteiger partial charge >= 0.3 is 0 Å². The van der Waals surface area contributed by atoms with E-state index < -0.39 is 0 Å². The van der Waals surface area contributed by atoms with E-state index >= 15 is 0 Å². The molecule has 20 heavy (non-hydrogen) atoms. The molecular weight excluding hydrogens is 268 g/mol. The number of amides is 1. The van der Waals surface area contributed by atoms with Crippen molar-refractivity contribution in [2.75, 3.05) is 5.75 Å². The second-order valence-corrected chi connectivity index (χ2v) is 4.97. The van der Waals surface area contributed by atoms with Crippen LogP contribution in [0.1, 0.15) is 11.3 Å². The molecule has 2 rings (SSSR count). The third-order valence-electron chi connectivity index (χ3n) is 3.09. The van der Waals surface area contributed by atoms with E-state index in [1.807, 2.05) is 48.5 Å². The van der Waals surface area contributed by atoms with E-state index in [1.54, 1.807) is 6.20 Å². The average Bonchev–Trinajstić information content (AvgIpc) is 2.52. The Bertz CT molecular complexity index is 531. The van der Waals surface area contributed by atoms with Gasteiger partial charge in [0, 0.05) is 11.9 Å². The number of hydrogen-bond acceptors (Lipinski definition) is 3. The molecule has 0 radical (unpaired) electrons. The van der Waals surface area contributed by atoms with Gasteiger partial charge in [-0.1, -0.05) is 36.4 Å². The average molecular weight is 286 g/mol. The van der Waals surface area contributed by atoms with E-state index in [0.717, 1.165) is 11.3 Å². The van der Waals surface area contributed by atoms with Gasteiger partial charge in [-0.05, 0) is 24.1 Å². The van der Waals surface area contributed by atoms with Gasteiger partial charge < -0.3 is 5.32 Å². The fraction of sp³-hybridized carbons (Fsp3) is 0.250. The summed E-state index contributed by atoms with van der Waals surface area (Å²) in [4.78, 5) is 16.4. The number of pyridine rings is 1. The van der Waals surface area contributed by atoms with Crippen LogP contribution in [0.25, 0.3) is 0 Å². The van der Waals surface area contributed by atoms with E-state index in [9.17, 15) is 4.79 Å². The first-order valence-electron chi connectivity index (χ1n) is 6.62. The topological polar surface area (TPSA) is 42.0 Å². The van der Waals surface area contributed by atoms with E-state index in [-0.39, 0.29) is 11.8 Å². The Labute approximate surface area is 124 Å². The van der Waals surface area contributed by atoms with Crippen LogP contribution in [-0.2, 0) is 17.8 Å². The van der Waals surface area contributed by atoms with Gasteiger partial charge in [-0.25, -0.2) is 0 Å². The highest BCUT2D eigenvalue weighted by Crippen LogP contribution is 2.10. The van der Waals surface area contributed by atoms with Crippen LogP contribution in [0.2, 0.25) is 0 Å². The van der Waals surface area contributed by atoms with Gasteiger partial charge in [0.25, 0.3) is 0 Å². The highest BCUT2D eigenvalue weighted by Gasteiger charge is 2.17. The number of hydrogen-bond donors (Lipinski definition) is 2. The Hall–Kier alpha value is -1.81. The summed E-state index contributed by atoms with van der Waals surface area (Å²) in [6.07, 6.45) is 2.43. The molecular formula is C16H18N2OS. The molecule has 0 aliphatic heterocycles. The number of rotatable bonds is 6. The van der Waals surface area contributed by atoms with Gasteiger partial charge in [-0.3, -0.25) is 9.78 Å². The summed E-state index contributed by atoms with van der Waals surface area (Å²) in [7, 11) is 0. The van der Waals surface area contributed by atoms with Crippen LogP contribution in [0, 0.1) is 5.92 Å². The second-order valence-electron chi connectivity index (χ2n) is 4.61. The molecule has 0 saturated heterocycles. The molecule has 0 aliphatic carbocycles. The lowest BCUT2D eigenvalue weighted by Gasteiger charge is -2.14. The maximum absolute atomic E-state index is 12.2. The van der Waals surface area contributed by atoms with E-state index in [2.05, 4.69) is 22.9 Å². The Morgan fingerprint density at radius 2 is 1.90 bits per heavy atom. The van der Waals surface area contributed by atoms with Crippen molar-refractivity contribution in [1.82, 2.24) is 10.3 Å². The zero-order valence-electron chi connectivity index (χ0n) is 11.2. The first-order valence-corrected chi connectivity index (χ1v) is 7.25. The predicted octanol–water partition coefficient (Wildman–Crippen LogP) is 2.49. The SMILES string of the molecule is O=C(NCc1ccccn1)C(CS)Cc1ccccc1. The predicted molar refractivity (Wildman–Crippen MR) is 83.6 cm³/mol. The largest absolute Gasteiger partial charge is 0.350 e. The molecule has 1 N–H and O–H groups in total. The minimum absolute atomic E-state index is 0.0227. The number of carbonyl (C=O) groups excluding carboxylic acids is 1. The number of nitrogens with one attached hydrogen (secondary N) is 1.